The molecule has 16 heavy (non-hydrogen) atoms. The van der Waals surface area contributed by atoms with E-state index >= 15 is 0 Å². The number of rotatable bonds is 5. The Balaban J connectivity index is 3.19. The molecule has 0 heterocycles. The first-order valence-corrected chi connectivity index (χ1v) is 5.62. The molecule has 0 aromatic carbocycles. The van der Waals surface area contributed by atoms with E-state index in [0.717, 1.165) is 0 Å². The lowest BCUT2D eigenvalue weighted by Gasteiger charge is -2.40. The Kier molecular flexibility index (Phi) is 3.81. The number of Topliss-reactive ketones (excluding diaryl/α,β-unsaturated/α-hetero) is 1. The fourth-order valence-electron chi connectivity index (χ4n) is 2.21. The van der Waals surface area contributed by atoms with Crippen LogP contribution < -0.4 is 0 Å². The lowest BCUT2D eigenvalue weighted by atomic mass is 9.65. The molecule has 2 atom stereocenters. The number of carbonyl (C=O) groups excluding carboxylic acids is 2. The van der Waals surface area contributed by atoms with Gasteiger partial charge in [0.25, 0.3) is 0 Å². The highest BCUT2D eigenvalue weighted by atomic mass is 16.3. The summed E-state index contributed by atoms with van der Waals surface area (Å²) in [6.45, 7) is 3.43. The summed E-state index contributed by atoms with van der Waals surface area (Å²) in [5.74, 6) is -0.276. The summed E-state index contributed by atoms with van der Waals surface area (Å²) in [6, 6.07) is 0. The van der Waals surface area contributed by atoms with Crippen LogP contribution in [0.3, 0.4) is 0 Å². The Morgan fingerprint density at radius 1 is 1.50 bits per heavy atom. The number of hydrogen-bond donors (Lipinski definition) is 1. The Hall–Kier alpha value is -1.22. The molecule has 0 unspecified atom stereocenters. The minimum atomic E-state index is -1.58. The molecule has 1 rings (SSSR count). The maximum atomic E-state index is 11.9. The molecule has 0 aliphatic heterocycles. The van der Waals surface area contributed by atoms with E-state index < -0.39 is 11.0 Å². The normalized spacial score (nSPS) is 27.4. The van der Waals surface area contributed by atoms with Crippen LogP contribution in [-0.2, 0) is 9.59 Å². The molecule has 88 valence electrons. The van der Waals surface area contributed by atoms with Gasteiger partial charge in [-0.25, -0.2) is 0 Å². The maximum absolute atomic E-state index is 11.9. The number of aliphatic hydroxyl groups is 1. The quantitative estimate of drug-likeness (QED) is 0.722. The Morgan fingerprint density at radius 2 is 2.19 bits per heavy atom. The second-order valence-corrected chi connectivity index (χ2v) is 4.14. The van der Waals surface area contributed by atoms with Crippen molar-refractivity contribution >= 4 is 12.1 Å². The van der Waals surface area contributed by atoms with Crippen molar-refractivity contribution in [2.45, 2.75) is 38.7 Å². The molecule has 3 nitrogen and oxygen atoms in total. The molecular weight excluding hydrogens is 204 g/mol. The zero-order valence-electron chi connectivity index (χ0n) is 9.77. The molecule has 1 N–H and O–H groups in total. The van der Waals surface area contributed by atoms with Crippen molar-refractivity contribution in [2.24, 2.45) is 5.41 Å². The number of aldehydes is 1. The van der Waals surface area contributed by atoms with Crippen LogP contribution >= 0.6 is 0 Å². The van der Waals surface area contributed by atoms with E-state index in [9.17, 15) is 14.7 Å². The van der Waals surface area contributed by atoms with Crippen molar-refractivity contribution in [1.82, 2.24) is 0 Å². The van der Waals surface area contributed by atoms with Crippen LogP contribution in [0.15, 0.2) is 24.3 Å². The van der Waals surface area contributed by atoms with Gasteiger partial charge in [-0.15, -0.1) is 0 Å². The Labute approximate surface area is 95.9 Å². The van der Waals surface area contributed by atoms with Crippen molar-refractivity contribution in [3.8, 4) is 0 Å². The number of hydrogen-bond acceptors (Lipinski definition) is 3. The fourth-order valence-corrected chi connectivity index (χ4v) is 2.21. The van der Waals surface area contributed by atoms with Crippen molar-refractivity contribution in [3.05, 3.63) is 24.3 Å². The minimum Gasteiger partial charge on any atom is -0.381 e. The number of carbonyl (C=O) groups is 2. The molecular formula is C13H18O3. The maximum Gasteiger partial charge on any atom is 0.165 e. The van der Waals surface area contributed by atoms with Gasteiger partial charge in [-0.05, 0) is 12.8 Å². The highest BCUT2D eigenvalue weighted by Gasteiger charge is 2.51. The summed E-state index contributed by atoms with van der Waals surface area (Å²) in [4.78, 5) is 23.2. The van der Waals surface area contributed by atoms with Crippen LogP contribution in [0.1, 0.15) is 33.1 Å². The molecule has 0 radical (unpaired) electrons. The second kappa shape index (κ2) is 4.74. The largest absolute Gasteiger partial charge is 0.381 e. The fraction of sp³-hybridized carbons (Fsp3) is 0.538. The summed E-state index contributed by atoms with van der Waals surface area (Å²) >= 11 is 0. The van der Waals surface area contributed by atoms with Crippen LogP contribution in [0.2, 0.25) is 0 Å². The highest BCUT2D eigenvalue weighted by Crippen LogP contribution is 2.40. The van der Waals surface area contributed by atoms with E-state index in [4.69, 9.17) is 0 Å². The van der Waals surface area contributed by atoms with E-state index in [1.165, 1.54) is 0 Å². The molecule has 1 aliphatic rings. The molecule has 1 aliphatic carbocycles. The smallest absolute Gasteiger partial charge is 0.165 e. The molecule has 0 spiro atoms. The molecule has 3 heteroatoms. The molecule has 0 aromatic rings. The van der Waals surface area contributed by atoms with Crippen LogP contribution in [0.25, 0.3) is 0 Å². The third-order valence-corrected chi connectivity index (χ3v) is 3.37. The third-order valence-electron chi connectivity index (χ3n) is 3.37. The first-order valence-electron chi connectivity index (χ1n) is 5.62. The predicted molar refractivity (Wildman–Crippen MR) is 61.9 cm³/mol. The van der Waals surface area contributed by atoms with Crippen molar-refractivity contribution in [3.63, 3.8) is 0 Å². The summed E-state index contributed by atoms with van der Waals surface area (Å²) < 4.78 is 0. The molecule has 0 aromatic heterocycles. The Bertz CT molecular complexity index is 343. The van der Waals surface area contributed by atoms with Crippen molar-refractivity contribution in [2.75, 3.05) is 0 Å². The number of allylic oxidation sites excluding steroid dienone is 3. The first kappa shape index (κ1) is 12.8. The average molecular weight is 222 g/mol. The zero-order chi connectivity index (χ0) is 12.2. The van der Waals surface area contributed by atoms with Gasteiger partial charge in [0.15, 0.2) is 5.78 Å². The van der Waals surface area contributed by atoms with E-state index in [2.05, 4.69) is 0 Å². The summed E-state index contributed by atoms with van der Waals surface area (Å²) in [6.07, 6.45) is 8.52. The van der Waals surface area contributed by atoms with Gasteiger partial charge in [0, 0.05) is 6.42 Å². The van der Waals surface area contributed by atoms with Gasteiger partial charge in [-0.3, -0.25) is 4.79 Å². The first-order chi connectivity index (χ1) is 7.56. The van der Waals surface area contributed by atoms with E-state index in [0.29, 0.717) is 12.7 Å². The summed E-state index contributed by atoms with van der Waals surface area (Å²) in [7, 11) is 0. The lowest BCUT2D eigenvalue weighted by molar-refractivity contribution is -0.154. The standard InChI is InChI=1S/C13H18O3/c1-3-11(15)13(16,4-2)12(10-14)8-6-5-7-9-12/h5-8,10,16H,3-4,9H2,1-2H3/t12-,13-/m1/s1. The Morgan fingerprint density at radius 3 is 2.56 bits per heavy atom. The van der Waals surface area contributed by atoms with Crippen LogP contribution in [0.5, 0.6) is 0 Å². The van der Waals surface area contributed by atoms with Gasteiger partial charge < -0.3 is 9.90 Å². The predicted octanol–water partition coefficient (Wildman–Crippen LogP) is 1.81. The van der Waals surface area contributed by atoms with Gasteiger partial charge in [0.05, 0.1) is 5.41 Å². The molecule has 0 amide bonds. The number of ketones is 1. The highest BCUT2D eigenvalue weighted by molar-refractivity contribution is 5.92. The summed E-state index contributed by atoms with van der Waals surface area (Å²) in [5, 5.41) is 10.5. The van der Waals surface area contributed by atoms with Crippen LogP contribution in [0.4, 0.5) is 0 Å². The van der Waals surface area contributed by atoms with E-state index in [1.54, 1.807) is 32.1 Å². The third kappa shape index (κ3) is 1.76. The van der Waals surface area contributed by atoms with Gasteiger partial charge in [0.2, 0.25) is 0 Å². The second-order valence-electron chi connectivity index (χ2n) is 4.14. The van der Waals surface area contributed by atoms with E-state index in [-0.39, 0.29) is 18.6 Å². The van der Waals surface area contributed by atoms with Crippen molar-refractivity contribution < 1.29 is 14.7 Å². The van der Waals surface area contributed by atoms with Crippen LogP contribution in [-0.4, -0.2) is 22.8 Å². The van der Waals surface area contributed by atoms with Gasteiger partial charge in [-0.2, -0.15) is 0 Å². The molecule has 0 saturated heterocycles. The van der Waals surface area contributed by atoms with Gasteiger partial charge in [0.1, 0.15) is 11.9 Å². The van der Waals surface area contributed by atoms with Crippen LogP contribution in [0, 0.1) is 5.41 Å². The monoisotopic (exact) mass is 222 g/mol. The molecule has 0 saturated carbocycles. The zero-order valence-corrected chi connectivity index (χ0v) is 9.77. The SMILES string of the molecule is CCC(=O)[C@](O)(CC)[C@]1(C=O)C=CC=CC1. The molecule has 0 fully saturated rings. The average Bonchev–Trinajstić information content (AvgIpc) is 2.37. The minimum absolute atomic E-state index is 0.234. The summed E-state index contributed by atoms with van der Waals surface area (Å²) in [5.41, 5.74) is -2.67. The van der Waals surface area contributed by atoms with Gasteiger partial charge >= 0.3 is 0 Å². The van der Waals surface area contributed by atoms with E-state index in [1.807, 2.05) is 6.08 Å². The molecule has 0 bridgehead atoms. The van der Waals surface area contributed by atoms with Crippen molar-refractivity contribution in [1.29, 1.82) is 0 Å². The van der Waals surface area contributed by atoms with Gasteiger partial charge in [-0.1, -0.05) is 38.2 Å². The topological polar surface area (TPSA) is 54.4 Å². The lowest BCUT2D eigenvalue weighted by Crippen LogP contribution is -2.54.